The summed E-state index contributed by atoms with van der Waals surface area (Å²) < 4.78 is 20.2. The van der Waals surface area contributed by atoms with Gasteiger partial charge < -0.3 is 10.8 Å². The molecule has 0 aliphatic rings. The third-order valence-electron chi connectivity index (χ3n) is 1.79. The fourth-order valence-corrected chi connectivity index (χ4v) is 1.30. The van der Waals surface area contributed by atoms with Crippen molar-refractivity contribution < 1.29 is 18.3 Å². The largest absolute Gasteiger partial charge is 0.376 e. The quantitative estimate of drug-likeness (QED) is 0.695. The Bertz CT molecular complexity index is 445. The van der Waals surface area contributed by atoms with E-state index in [0.717, 1.165) is 0 Å². The molecule has 0 aliphatic heterocycles. The predicted molar refractivity (Wildman–Crippen MR) is 64.4 cm³/mol. The minimum atomic E-state index is -3.70. The van der Waals surface area contributed by atoms with Crippen LogP contribution in [-0.2, 0) is 10.0 Å². The molecule has 17 heavy (non-hydrogen) atoms. The number of nitrogens with two attached hydrogens (primary N) is 2. The van der Waals surface area contributed by atoms with Crippen molar-refractivity contribution in [2.45, 2.75) is 18.8 Å². The Morgan fingerprint density at radius 1 is 1.35 bits per heavy atom. The van der Waals surface area contributed by atoms with Gasteiger partial charge >= 0.3 is 0 Å². The smallest absolute Gasteiger partial charge is 0.248 e. The highest BCUT2D eigenvalue weighted by atomic mass is 32.2. The van der Waals surface area contributed by atoms with Crippen LogP contribution in [0.15, 0.2) is 30.3 Å². The van der Waals surface area contributed by atoms with E-state index < -0.39 is 15.5 Å². The third-order valence-corrected chi connectivity index (χ3v) is 2.88. The molecule has 1 aromatic rings. The van der Waals surface area contributed by atoms with Crippen LogP contribution in [0.2, 0.25) is 0 Å². The van der Waals surface area contributed by atoms with Crippen LogP contribution in [0.4, 0.5) is 0 Å². The molecule has 0 fully saturated rings. The molecule has 1 amide bonds. The average Bonchev–Trinajstić information content (AvgIpc) is 2.28. The molecule has 0 aliphatic carbocycles. The number of primary amides is 1. The number of hydrogen-bond acceptors (Lipinski definition) is 4. The first-order valence-corrected chi connectivity index (χ1v) is 6.44. The van der Waals surface area contributed by atoms with Crippen LogP contribution < -0.4 is 10.9 Å². The maximum atomic E-state index is 10.4. The average molecular weight is 260 g/mol. The molecule has 5 N–H and O–H groups in total. The normalized spacial score (nSPS) is 12.2. The molecule has 0 bridgehead atoms. The van der Waals surface area contributed by atoms with Crippen molar-refractivity contribution in [2.24, 2.45) is 10.9 Å². The van der Waals surface area contributed by atoms with Gasteiger partial charge in [0.2, 0.25) is 15.9 Å². The van der Waals surface area contributed by atoms with Crippen LogP contribution in [-0.4, -0.2) is 24.9 Å². The predicted octanol–water partition coefficient (Wildman–Crippen LogP) is -0.211. The van der Waals surface area contributed by atoms with Crippen LogP contribution in [0.3, 0.4) is 0 Å². The highest BCUT2D eigenvalue weighted by molar-refractivity contribution is 7.89. The van der Waals surface area contributed by atoms with Crippen molar-refractivity contribution >= 4 is 15.9 Å². The van der Waals surface area contributed by atoms with E-state index in [4.69, 9.17) is 10.8 Å². The molecule has 1 aromatic carbocycles. The lowest BCUT2D eigenvalue weighted by Gasteiger charge is -2.01. The van der Waals surface area contributed by atoms with Gasteiger partial charge in [0.25, 0.3) is 0 Å². The van der Waals surface area contributed by atoms with Crippen LogP contribution in [0.1, 0.15) is 23.7 Å². The number of benzene rings is 1. The van der Waals surface area contributed by atoms with Gasteiger partial charge in [-0.2, -0.15) is 0 Å². The maximum Gasteiger partial charge on any atom is 0.248 e. The van der Waals surface area contributed by atoms with Gasteiger partial charge in [0.1, 0.15) is 0 Å². The molecule has 0 aromatic heterocycles. The van der Waals surface area contributed by atoms with Crippen molar-refractivity contribution in [3.8, 4) is 0 Å². The molecule has 96 valence electrons. The second-order valence-electron chi connectivity index (χ2n) is 3.18. The molecule has 1 unspecified atom stereocenters. The van der Waals surface area contributed by atoms with E-state index >= 15 is 0 Å². The number of aliphatic hydroxyl groups excluding tert-OH is 1. The summed E-state index contributed by atoms with van der Waals surface area (Å²) in [5, 5.41) is 13.0. The number of carbonyl (C=O) groups excluding carboxylic acids is 1. The molecule has 0 saturated heterocycles. The Hall–Kier alpha value is -1.44. The number of sulfonamides is 1. The molecule has 0 saturated carbocycles. The first kappa shape index (κ1) is 15.6. The molecule has 1 rings (SSSR count). The van der Waals surface area contributed by atoms with Crippen molar-refractivity contribution in [3.63, 3.8) is 0 Å². The zero-order valence-corrected chi connectivity index (χ0v) is 10.2. The molecule has 0 radical (unpaired) electrons. The van der Waals surface area contributed by atoms with Gasteiger partial charge in [-0.25, -0.2) is 13.6 Å². The molecular weight excluding hydrogens is 244 g/mol. The molecule has 0 heterocycles. The summed E-state index contributed by atoms with van der Waals surface area (Å²) in [5.74, 6) is -0.379. The van der Waals surface area contributed by atoms with Crippen LogP contribution in [0, 0.1) is 0 Å². The van der Waals surface area contributed by atoms with Gasteiger partial charge in [0.05, 0.1) is 0 Å². The first-order chi connectivity index (χ1) is 7.79. The zero-order chi connectivity index (χ0) is 13.5. The van der Waals surface area contributed by atoms with Gasteiger partial charge in [0.15, 0.2) is 5.44 Å². The molecule has 1 atom stereocenters. The van der Waals surface area contributed by atoms with E-state index in [2.05, 4.69) is 5.14 Å². The van der Waals surface area contributed by atoms with Gasteiger partial charge in [-0.3, -0.25) is 4.79 Å². The van der Waals surface area contributed by atoms with Gasteiger partial charge in [-0.15, -0.1) is 0 Å². The van der Waals surface area contributed by atoms with Crippen molar-refractivity contribution in [3.05, 3.63) is 35.9 Å². The fourth-order valence-electron chi connectivity index (χ4n) is 0.835. The lowest BCUT2D eigenvalue weighted by molar-refractivity contribution is 0.100. The fraction of sp³-hybridized carbons (Fsp3) is 0.300. The van der Waals surface area contributed by atoms with Crippen LogP contribution >= 0.6 is 0 Å². The summed E-state index contributed by atoms with van der Waals surface area (Å²) in [6.45, 7) is 1.54. The van der Waals surface area contributed by atoms with E-state index in [-0.39, 0.29) is 12.3 Å². The minimum absolute atomic E-state index is 0.138. The molecular formula is C10H16N2O4S. The maximum absolute atomic E-state index is 10.4. The highest BCUT2D eigenvalue weighted by Gasteiger charge is 2.13. The van der Waals surface area contributed by atoms with Crippen LogP contribution in [0.5, 0.6) is 0 Å². The second kappa shape index (κ2) is 7.00. The summed E-state index contributed by atoms with van der Waals surface area (Å²) in [6.07, 6.45) is 0.138. The first-order valence-electron chi connectivity index (χ1n) is 4.83. The van der Waals surface area contributed by atoms with E-state index in [0.29, 0.717) is 5.56 Å². The molecule has 6 nitrogen and oxygen atoms in total. The van der Waals surface area contributed by atoms with E-state index in [1.54, 1.807) is 24.3 Å². The Kier molecular flexibility index (Phi) is 6.40. The lowest BCUT2D eigenvalue weighted by Crippen LogP contribution is -2.27. The number of hydrogen-bond donors (Lipinski definition) is 3. The lowest BCUT2D eigenvalue weighted by atomic mass is 10.2. The number of carbonyl (C=O) groups is 1. The van der Waals surface area contributed by atoms with Crippen molar-refractivity contribution in [2.75, 3.05) is 0 Å². The Morgan fingerprint density at radius 3 is 2.00 bits per heavy atom. The summed E-state index contributed by atoms with van der Waals surface area (Å²) in [5.41, 5.74) is 4.13. The number of amides is 1. The molecule has 7 heteroatoms. The number of aliphatic hydroxyl groups is 1. The zero-order valence-electron chi connectivity index (χ0n) is 9.41. The van der Waals surface area contributed by atoms with E-state index in [1.165, 1.54) is 6.92 Å². The topological polar surface area (TPSA) is 123 Å². The van der Waals surface area contributed by atoms with Crippen LogP contribution in [0.25, 0.3) is 0 Å². The van der Waals surface area contributed by atoms with E-state index in [9.17, 15) is 13.2 Å². The van der Waals surface area contributed by atoms with Gasteiger partial charge in [-0.05, 0) is 18.6 Å². The SMILES string of the molecule is CCC(O)S(N)(=O)=O.NC(=O)c1ccccc1. The summed E-state index contributed by atoms with van der Waals surface area (Å²) in [7, 11) is -3.70. The van der Waals surface area contributed by atoms with Crippen molar-refractivity contribution in [1.82, 2.24) is 0 Å². The van der Waals surface area contributed by atoms with Gasteiger partial charge in [-0.1, -0.05) is 25.1 Å². The van der Waals surface area contributed by atoms with Crippen molar-refractivity contribution in [1.29, 1.82) is 0 Å². The standard InChI is InChI=1S/C7H7NO.C3H9NO3S/c8-7(9)6-4-2-1-3-5-6;1-2-3(5)8(4,6)7/h1-5H,(H2,8,9);3,5H,2H2,1H3,(H2,4,6,7). The van der Waals surface area contributed by atoms with E-state index in [1.807, 2.05) is 6.07 Å². The third kappa shape index (κ3) is 6.67. The Labute approximate surface area is 100 Å². The monoisotopic (exact) mass is 260 g/mol. The number of rotatable bonds is 3. The Morgan fingerprint density at radius 2 is 1.82 bits per heavy atom. The summed E-state index contributed by atoms with van der Waals surface area (Å²) in [4.78, 5) is 10.4. The highest BCUT2D eigenvalue weighted by Crippen LogP contribution is 1.95. The Balaban J connectivity index is 0.000000304. The summed E-state index contributed by atoms with van der Waals surface area (Å²) >= 11 is 0. The number of primary sulfonamides is 1. The van der Waals surface area contributed by atoms with Gasteiger partial charge in [0, 0.05) is 5.56 Å². The second-order valence-corrected chi connectivity index (χ2v) is 4.90. The summed E-state index contributed by atoms with van der Waals surface area (Å²) in [6, 6.07) is 8.76. The minimum Gasteiger partial charge on any atom is -0.376 e. The molecule has 0 spiro atoms.